The van der Waals surface area contributed by atoms with Crippen molar-refractivity contribution in [2.45, 2.75) is 50.4 Å². The average Bonchev–Trinajstić information content (AvgIpc) is 1.16. The molecule has 15 nitrogen and oxygen atoms in total. The van der Waals surface area contributed by atoms with Gasteiger partial charge in [0.25, 0.3) is 11.8 Å². The first-order valence-electron chi connectivity index (χ1n) is 29.3. The number of amides is 2. The summed E-state index contributed by atoms with van der Waals surface area (Å²) in [6.07, 6.45) is -14.5. The van der Waals surface area contributed by atoms with Crippen molar-refractivity contribution in [2.75, 3.05) is 37.1 Å². The number of aliphatic hydroxyl groups is 2. The Balaban J connectivity index is 0.000000161. The maximum absolute atomic E-state index is 13.2. The summed E-state index contributed by atoms with van der Waals surface area (Å²) in [7, 11) is 0. The molecule has 8 aromatic carbocycles. The van der Waals surface area contributed by atoms with Gasteiger partial charge in [0.05, 0.1) is 80.2 Å². The summed E-state index contributed by atoms with van der Waals surface area (Å²) in [5, 5.41) is 35.0. The highest BCUT2D eigenvalue weighted by Crippen LogP contribution is 2.36. The van der Waals surface area contributed by atoms with Crippen LogP contribution < -0.4 is 20.1 Å². The molecule has 5 N–H and O–H groups in total. The second-order valence-electron chi connectivity index (χ2n) is 22.1. The number of aliphatic hydroxyl groups excluding tert-OH is 2. The van der Waals surface area contributed by atoms with Gasteiger partial charge in [0.15, 0.2) is 5.79 Å². The van der Waals surface area contributed by atoms with Gasteiger partial charge >= 0.3 is 24.5 Å². The van der Waals surface area contributed by atoms with Crippen LogP contribution in [0, 0.1) is 0 Å². The zero-order chi connectivity index (χ0) is 68.5. The number of aromatic carboxylic acids is 1. The number of para-hydroxylation sites is 3. The van der Waals surface area contributed by atoms with Crippen LogP contribution in [-0.4, -0.2) is 92.5 Å². The molecule has 4 heterocycles. The van der Waals surface area contributed by atoms with Gasteiger partial charge in [0, 0.05) is 44.2 Å². The number of hydrogen-bond donors (Lipinski definition) is 5. The second kappa shape index (κ2) is 28.8. The minimum Gasteiger partial charge on any atom is -0.491 e. The highest BCUT2D eigenvalue weighted by molar-refractivity contribution is 6.13. The van der Waals surface area contributed by atoms with Gasteiger partial charge in [-0.25, -0.2) is 19.7 Å². The van der Waals surface area contributed by atoms with Gasteiger partial charge in [-0.2, -0.15) is 39.5 Å². The first-order valence-corrected chi connectivity index (χ1v) is 29.3. The number of alkyl halides is 9. The maximum Gasteiger partial charge on any atom is 0.416 e. The maximum atomic E-state index is 13.2. The Kier molecular flexibility index (Phi) is 20.4. The molecular weight excluding hydrogens is 1270 g/mol. The van der Waals surface area contributed by atoms with Crippen LogP contribution in [0.3, 0.4) is 0 Å². The molecule has 2 atom stereocenters. The fraction of sp³-hybridized carbons (Fsp3) is 0.167. The van der Waals surface area contributed by atoms with Crippen molar-refractivity contribution in [3.8, 4) is 45.3 Å². The number of hydrogen-bond acceptors (Lipinski definition) is 12. The van der Waals surface area contributed by atoms with Gasteiger partial charge in [0.2, 0.25) is 0 Å². The third-order valence-electron chi connectivity index (χ3n) is 14.7. The molecule has 24 heteroatoms. The average molecular weight is 1320 g/mol. The first kappa shape index (κ1) is 68.1. The van der Waals surface area contributed by atoms with E-state index in [1.807, 2.05) is 13.8 Å². The molecule has 12 rings (SSSR count). The van der Waals surface area contributed by atoms with Crippen LogP contribution in [0.4, 0.5) is 50.9 Å². The summed E-state index contributed by atoms with van der Waals surface area (Å²) in [5.74, 6) is -1.51. The van der Waals surface area contributed by atoms with E-state index in [1.165, 1.54) is 36.4 Å². The highest BCUT2D eigenvalue weighted by Gasteiger charge is 2.34. The van der Waals surface area contributed by atoms with Crippen molar-refractivity contribution in [2.24, 2.45) is 0 Å². The van der Waals surface area contributed by atoms with Crippen LogP contribution in [-0.2, 0) is 28.0 Å². The van der Waals surface area contributed by atoms with E-state index in [1.54, 1.807) is 140 Å². The van der Waals surface area contributed by atoms with Gasteiger partial charge in [-0.3, -0.25) is 9.59 Å². The van der Waals surface area contributed by atoms with Crippen molar-refractivity contribution >= 4 is 61.9 Å². The second-order valence-corrected chi connectivity index (χ2v) is 22.1. The van der Waals surface area contributed by atoms with Gasteiger partial charge in [0.1, 0.15) is 36.9 Å². The molecule has 0 spiro atoms. The quantitative estimate of drug-likeness (QED) is 0.0606. The molecule has 1 aliphatic heterocycles. The number of carboxylic acids is 1. The number of rotatable bonds is 15. The standard InChI is InChI=1S/C29H25F3N2O4.C26H21F3N2O4.C17H10F3NO2/c1-28(2)37-17-23(38-28)16-36-22-12-10-21(11-13-22)33-27(35)24-8-4-5-18-9-14-25(34-26(18)24)19-6-3-7-20(15-19)29(30,31)32;27-26(28,29)18-5-1-4-17(13-18)23-12-7-16-3-2-6-22(24(16)31-23)25(34)30-19-8-10-21(11-9-19)35-15-20(33)14-32;18-17(19,20)12-5-1-4-11(9-12)14-8-7-10-3-2-6-13(16(22)23)15(10)21-14/h3-15,23H,16-17H2,1-2H3,(H,33,35);1-13,20,32-33H,14-15H2,(H,30,34);1-9H,(H,22,23). The van der Waals surface area contributed by atoms with Gasteiger partial charge in [-0.05, 0) is 135 Å². The van der Waals surface area contributed by atoms with E-state index < -0.39 is 71.5 Å². The summed E-state index contributed by atoms with van der Waals surface area (Å²) in [5.41, 5.74) is 2.12. The molecule has 1 saturated heterocycles. The summed E-state index contributed by atoms with van der Waals surface area (Å²) in [6.45, 7) is 4.01. The largest absolute Gasteiger partial charge is 0.491 e. The van der Waals surface area contributed by atoms with E-state index in [9.17, 15) is 64.1 Å². The SMILES string of the molecule is CC1(C)OCC(COc2ccc(NC(=O)c3cccc4ccc(-c5cccc(C(F)(F)F)c5)nc34)cc2)O1.O=C(Nc1ccc(OCC(O)CO)cc1)c1cccc2ccc(-c3cccc(C(F)(F)F)c3)nc12.O=C(O)c1cccc2ccc(-c3cccc(C(F)(F)F)c3)nc12. The minimum atomic E-state index is -4.48. The van der Waals surface area contributed by atoms with Crippen LogP contribution in [0.1, 0.15) is 61.6 Å². The summed E-state index contributed by atoms with van der Waals surface area (Å²) in [6, 6.07) is 52.8. The summed E-state index contributed by atoms with van der Waals surface area (Å²) in [4.78, 5) is 50.7. The third-order valence-corrected chi connectivity index (χ3v) is 14.7. The number of carbonyl (C=O) groups excluding carboxylic acids is 2. The predicted molar refractivity (Wildman–Crippen MR) is 341 cm³/mol. The molecule has 0 aliphatic carbocycles. The smallest absolute Gasteiger partial charge is 0.416 e. The van der Waals surface area contributed by atoms with E-state index in [4.69, 9.17) is 24.1 Å². The fourth-order valence-corrected chi connectivity index (χ4v) is 9.97. The number of nitrogens with zero attached hydrogens (tertiary/aromatic N) is 3. The monoisotopic (exact) mass is 1320 g/mol. The molecule has 1 fully saturated rings. The molecular formula is C72H56F9N5O10. The Morgan fingerprint density at radius 1 is 0.510 bits per heavy atom. The van der Waals surface area contributed by atoms with Gasteiger partial charge < -0.3 is 44.9 Å². The lowest BCUT2D eigenvalue weighted by atomic mass is 10.0. The van der Waals surface area contributed by atoms with E-state index in [0.717, 1.165) is 36.4 Å². The summed E-state index contributed by atoms with van der Waals surface area (Å²) < 4.78 is 140. The number of anilines is 2. The normalized spacial score (nSPS) is 14.0. The molecule has 3 aromatic heterocycles. The van der Waals surface area contributed by atoms with E-state index >= 15 is 0 Å². The Bertz CT molecular complexity index is 4630. The first-order chi connectivity index (χ1) is 45.7. The number of ether oxygens (including phenoxy) is 4. The minimum absolute atomic E-state index is 0.0105. The van der Waals surface area contributed by atoms with Crippen LogP contribution in [0.5, 0.6) is 11.5 Å². The number of halogens is 9. The Hall–Kier alpha value is -10.8. The fourth-order valence-electron chi connectivity index (χ4n) is 9.97. The molecule has 0 saturated carbocycles. The number of aromatic nitrogens is 3. The third kappa shape index (κ3) is 17.1. The molecule has 11 aromatic rings. The lowest BCUT2D eigenvalue weighted by Crippen LogP contribution is -2.25. The van der Waals surface area contributed by atoms with Gasteiger partial charge in [-0.1, -0.05) is 91.0 Å². The molecule has 2 amide bonds. The highest BCUT2D eigenvalue weighted by atomic mass is 19.4. The number of carboxylic acid groups (broad SMARTS) is 1. The molecule has 492 valence electrons. The van der Waals surface area contributed by atoms with Crippen LogP contribution in [0.25, 0.3) is 66.5 Å². The van der Waals surface area contributed by atoms with Crippen molar-refractivity contribution in [3.63, 3.8) is 0 Å². The Morgan fingerprint density at radius 3 is 1.23 bits per heavy atom. The lowest BCUT2D eigenvalue weighted by Gasteiger charge is -2.17. The zero-order valence-corrected chi connectivity index (χ0v) is 50.6. The number of nitrogens with one attached hydrogen (secondary N) is 2. The zero-order valence-electron chi connectivity index (χ0n) is 50.6. The van der Waals surface area contributed by atoms with Crippen molar-refractivity contribution in [1.82, 2.24) is 15.0 Å². The molecule has 0 bridgehead atoms. The molecule has 1 aliphatic rings. The van der Waals surface area contributed by atoms with Crippen LogP contribution in [0.2, 0.25) is 0 Å². The topological polar surface area (TPSA) is 212 Å². The molecule has 2 unspecified atom stereocenters. The van der Waals surface area contributed by atoms with E-state index in [2.05, 4.69) is 25.6 Å². The van der Waals surface area contributed by atoms with Crippen LogP contribution in [0.15, 0.2) is 212 Å². The number of fused-ring (bicyclic) bond motifs is 3. The molecule has 0 radical (unpaired) electrons. The number of pyridine rings is 3. The van der Waals surface area contributed by atoms with Gasteiger partial charge in [-0.15, -0.1) is 0 Å². The van der Waals surface area contributed by atoms with E-state index in [-0.39, 0.29) is 40.6 Å². The van der Waals surface area contributed by atoms with E-state index in [0.29, 0.717) is 91.4 Å². The van der Waals surface area contributed by atoms with Crippen molar-refractivity contribution < 1.29 is 88.2 Å². The Labute approximate surface area is 541 Å². The van der Waals surface area contributed by atoms with Crippen LogP contribution >= 0.6 is 0 Å². The molecule has 96 heavy (non-hydrogen) atoms. The van der Waals surface area contributed by atoms with Crippen molar-refractivity contribution in [3.05, 3.63) is 246 Å². The van der Waals surface area contributed by atoms with Crippen molar-refractivity contribution in [1.29, 1.82) is 0 Å². The lowest BCUT2D eigenvalue weighted by molar-refractivity contribution is -0.141. The predicted octanol–water partition coefficient (Wildman–Crippen LogP) is 16.2. The number of carbonyl (C=O) groups is 3. The Morgan fingerprint density at radius 2 is 0.875 bits per heavy atom. The number of benzene rings is 8. The summed E-state index contributed by atoms with van der Waals surface area (Å²) >= 11 is 0.